The summed E-state index contributed by atoms with van der Waals surface area (Å²) in [5, 5.41) is 15.2. The number of fused-ring (bicyclic) bond motifs is 1. The van der Waals surface area contributed by atoms with E-state index in [1.807, 2.05) is 5.38 Å². The molecular weight excluding hydrogens is 575 g/mol. The van der Waals surface area contributed by atoms with Gasteiger partial charge in [-0.05, 0) is 26.0 Å². The first-order chi connectivity index (χ1) is 19.5. The zero-order valence-corrected chi connectivity index (χ0v) is 24.3. The monoisotopic (exact) mass is 604 g/mol. The normalized spacial score (nSPS) is 21.5. The van der Waals surface area contributed by atoms with Gasteiger partial charge >= 0.3 is 18.0 Å². The second-order valence-electron chi connectivity index (χ2n) is 10.8. The summed E-state index contributed by atoms with van der Waals surface area (Å²) in [4.78, 5) is 52.4. The van der Waals surface area contributed by atoms with Gasteiger partial charge in [0.25, 0.3) is 0 Å². The maximum Gasteiger partial charge on any atom is 0.338 e. The minimum absolute atomic E-state index is 0.127. The lowest BCUT2D eigenvalue weighted by Gasteiger charge is -2.38. The molecule has 0 unspecified atom stereocenters. The molecular formula is C27H30ClFN6O5S. The predicted octanol–water partition coefficient (Wildman–Crippen LogP) is 3.13. The molecule has 11 nitrogen and oxygen atoms in total. The Hall–Kier alpha value is -3.55. The van der Waals surface area contributed by atoms with Crippen molar-refractivity contribution in [2.45, 2.75) is 37.9 Å². The van der Waals surface area contributed by atoms with E-state index in [-0.39, 0.29) is 29.1 Å². The van der Waals surface area contributed by atoms with Gasteiger partial charge in [-0.1, -0.05) is 17.7 Å². The second-order valence-corrected chi connectivity index (χ2v) is 12.1. The molecule has 0 saturated carbocycles. The molecule has 2 N–H and O–H groups in total. The number of piperazine rings is 1. The number of benzene rings is 1. The number of rotatable bonds is 8. The lowest BCUT2D eigenvalue weighted by atomic mass is 9.95. The molecule has 3 aliphatic heterocycles. The fourth-order valence-corrected chi connectivity index (χ4v) is 6.44. The van der Waals surface area contributed by atoms with Gasteiger partial charge in [0.1, 0.15) is 11.9 Å². The number of nitrogens with one attached hydrogen (secondary N) is 1. The van der Waals surface area contributed by atoms with Crippen LogP contribution in [0, 0.1) is 5.82 Å². The number of carbonyl (C=O) groups is 3. The lowest BCUT2D eigenvalue weighted by molar-refractivity contribution is -0.139. The number of aliphatic imine (C=N–C) groups is 1. The number of halogens is 2. The molecule has 2 aromatic rings. The van der Waals surface area contributed by atoms with E-state index in [4.69, 9.17) is 21.3 Å². The minimum atomic E-state index is -0.964. The number of carbonyl (C=O) groups excluding carboxylic acids is 2. The van der Waals surface area contributed by atoms with Crippen molar-refractivity contribution in [3.05, 3.63) is 62.5 Å². The largest absolute Gasteiger partial charge is 0.481 e. The van der Waals surface area contributed by atoms with Gasteiger partial charge in [0.15, 0.2) is 10.8 Å². The van der Waals surface area contributed by atoms with Crippen LogP contribution in [0.4, 0.5) is 9.18 Å². The number of amides is 2. The van der Waals surface area contributed by atoms with Crippen LogP contribution in [-0.2, 0) is 14.3 Å². The number of thiazole rings is 1. The molecule has 2 amide bonds. The number of ether oxygens (including phenoxy) is 1. The number of esters is 1. The van der Waals surface area contributed by atoms with Gasteiger partial charge in [0, 0.05) is 66.1 Å². The van der Waals surface area contributed by atoms with Gasteiger partial charge in [0.2, 0.25) is 0 Å². The summed E-state index contributed by atoms with van der Waals surface area (Å²) in [6, 6.07) is 2.77. The van der Waals surface area contributed by atoms with Crippen LogP contribution in [0.15, 0.2) is 46.0 Å². The van der Waals surface area contributed by atoms with Crippen molar-refractivity contribution in [3.8, 4) is 0 Å². The standard InChI is InChI=1S/C27H30ClFN6O5S/c1-27(2,11-20(36)37)35-13-16-12-33(7-8-34(16)26(35)39)14-19-21(25(38)40-3)22(17-5-4-15(29)10-18(17)28)32-23(31-19)24-30-6-9-41-24/h4-6,9-10,16,22H,7-8,11-14H2,1-3H3,(H,31,32)(H,36,37)/t16-,22-/m0/s1. The average Bonchev–Trinajstić information content (AvgIpc) is 3.56. The van der Waals surface area contributed by atoms with Crippen molar-refractivity contribution in [3.63, 3.8) is 0 Å². The van der Waals surface area contributed by atoms with Crippen molar-refractivity contribution in [1.29, 1.82) is 0 Å². The number of aromatic nitrogens is 1. The molecule has 4 heterocycles. The van der Waals surface area contributed by atoms with E-state index in [0.29, 0.717) is 54.8 Å². The third-order valence-corrected chi connectivity index (χ3v) is 8.66. The quantitative estimate of drug-likeness (QED) is 0.440. The van der Waals surface area contributed by atoms with Crippen LogP contribution in [0.2, 0.25) is 5.02 Å². The molecule has 218 valence electrons. The Morgan fingerprint density at radius 3 is 2.73 bits per heavy atom. The first-order valence-electron chi connectivity index (χ1n) is 13.0. The van der Waals surface area contributed by atoms with E-state index >= 15 is 0 Å². The molecule has 41 heavy (non-hydrogen) atoms. The van der Waals surface area contributed by atoms with Crippen molar-refractivity contribution >= 4 is 46.7 Å². The molecule has 0 bridgehead atoms. The second kappa shape index (κ2) is 11.4. The van der Waals surface area contributed by atoms with Gasteiger partial charge in [-0.2, -0.15) is 0 Å². The summed E-state index contributed by atoms with van der Waals surface area (Å²) in [5.41, 5.74) is 0.403. The molecule has 1 aromatic carbocycles. The first kappa shape index (κ1) is 29.0. The molecule has 0 radical (unpaired) electrons. The molecule has 14 heteroatoms. The summed E-state index contributed by atoms with van der Waals surface area (Å²) in [7, 11) is 1.28. The summed E-state index contributed by atoms with van der Waals surface area (Å²) in [6.45, 7) is 5.71. The number of hydrogen-bond acceptors (Lipinski definition) is 9. The SMILES string of the molecule is COC(=O)C1=C(CN2CCN3C(=O)N(C(C)(C)CC(=O)O)C[C@@H]3C2)NC(c2nccs2)=N[C@H]1c1ccc(F)cc1Cl. The van der Waals surface area contributed by atoms with E-state index < -0.39 is 29.3 Å². The van der Waals surface area contributed by atoms with Crippen LogP contribution < -0.4 is 5.32 Å². The summed E-state index contributed by atoms with van der Waals surface area (Å²) < 4.78 is 19.1. The number of aliphatic carboxylic acids is 1. The molecule has 0 aliphatic carbocycles. The van der Waals surface area contributed by atoms with Crippen LogP contribution in [0.25, 0.3) is 0 Å². The number of carboxylic acids is 1. The molecule has 2 saturated heterocycles. The Kier molecular flexibility index (Phi) is 8.04. The third-order valence-electron chi connectivity index (χ3n) is 7.56. The average molecular weight is 605 g/mol. The first-order valence-corrected chi connectivity index (χ1v) is 14.3. The van der Waals surface area contributed by atoms with Crippen molar-refractivity contribution in [2.24, 2.45) is 4.99 Å². The van der Waals surface area contributed by atoms with Crippen molar-refractivity contribution < 1.29 is 28.6 Å². The number of amidine groups is 1. The van der Waals surface area contributed by atoms with Gasteiger partial charge < -0.3 is 25.0 Å². The highest BCUT2D eigenvalue weighted by molar-refractivity contribution is 7.11. The lowest BCUT2D eigenvalue weighted by Crippen LogP contribution is -2.53. The number of hydrogen-bond donors (Lipinski definition) is 2. The van der Waals surface area contributed by atoms with Crippen LogP contribution in [0.3, 0.4) is 0 Å². The third kappa shape index (κ3) is 5.79. The number of carboxylic acid groups (broad SMARTS) is 1. The Bertz CT molecular complexity index is 1430. The predicted molar refractivity (Wildman–Crippen MR) is 150 cm³/mol. The van der Waals surface area contributed by atoms with Crippen LogP contribution in [0.5, 0.6) is 0 Å². The fraction of sp³-hybridized carbons (Fsp3) is 0.444. The Labute approximate surface area is 245 Å². The zero-order valence-electron chi connectivity index (χ0n) is 22.8. The van der Waals surface area contributed by atoms with Crippen LogP contribution in [0.1, 0.15) is 36.9 Å². The Morgan fingerprint density at radius 2 is 2.07 bits per heavy atom. The van der Waals surface area contributed by atoms with Gasteiger partial charge in [-0.15, -0.1) is 11.3 Å². The summed E-state index contributed by atoms with van der Waals surface area (Å²) in [5.74, 6) is -1.63. The van der Waals surface area contributed by atoms with E-state index in [9.17, 15) is 23.9 Å². The fourth-order valence-electron chi connectivity index (χ4n) is 5.58. The molecule has 1 aromatic heterocycles. The van der Waals surface area contributed by atoms with Crippen LogP contribution >= 0.6 is 22.9 Å². The molecule has 0 spiro atoms. The molecule has 2 atom stereocenters. The summed E-state index contributed by atoms with van der Waals surface area (Å²) >= 11 is 7.81. The number of urea groups is 1. The smallest absolute Gasteiger partial charge is 0.338 e. The van der Waals surface area contributed by atoms with E-state index in [1.165, 1.54) is 36.6 Å². The van der Waals surface area contributed by atoms with Crippen molar-refractivity contribution in [1.82, 2.24) is 25.0 Å². The van der Waals surface area contributed by atoms with Gasteiger partial charge in [0.05, 0.1) is 25.1 Å². The van der Waals surface area contributed by atoms with E-state index in [1.54, 1.807) is 29.8 Å². The van der Waals surface area contributed by atoms with Gasteiger partial charge in [-0.3, -0.25) is 14.7 Å². The highest BCUT2D eigenvalue weighted by atomic mass is 35.5. The number of methoxy groups -OCH3 is 1. The molecule has 2 fully saturated rings. The maximum atomic E-state index is 13.9. The van der Waals surface area contributed by atoms with Crippen molar-refractivity contribution in [2.75, 3.05) is 39.8 Å². The minimum Gasteiger partial charge on any atom is -0.481 e. The Balaban J connectivity index is 1.45. The highest BCUT2D eigenvalue weighted by Gasteiger charge is 2.47. The van der Waals surface area contributed by atoms with Gasteiger partial charge in [-0.25, -0.2) is 19.0 Å². The maximum absolute atomic E-state index is 13.9. The number of nitrogens with zero attached hydrogens (tertiary/aromatic N) is 5. The van der Waals surface area contributed by atoms with E-state index in [2.05, 4.69) is 15.2 Å². The highest BCUT2D eigenvalue weighted by Crippen LogP contribution is 2.37. The molecule has 5 rings (SSSR count). The zero-order chi connectivity index (χ0) is 29.5. The Morgan fingerprint density at radius 1 is 1.29 bits per heavy atom. The van der Waals surface area contributed by atoms with E-state index in [0.717, 1.165) is 0 Å². The van der Waals surface area contributed by atoms with Crippen LogP contribution in [-0.4, -0.2) is 100 Å². The molecule has 3 aliphatic rings. The summed E-state index contributed by atoms with van der Waals surface area (Å²) in [6.07, 6.45) is 1.49. The topological polar surface area (TPSA) is 128 Å².